The lowest BCUT2D eigenvalue weighted by Gasteiger charge is -2.38. The number of unbranched alkanes of at least 4 members (excludes halogenated alkanes) is 3. The number of phenols is 1. The number of carbonyl (C=O) groups excluding carboxylic acids is 1. The van der Waals surface area contributed by atoms with Gasteiger partial charge in [-0.2, -0.15) is 0 Å². The summed E-state index contributed by atoms with van der Waals surface area (Å²) >= 11 is 0. The number of carboxylic acid groups (broad SMARTS) is 1. The van der Waals surface area contributed by atoms with Crippen LogP contribution in [0.4, 0.5) is 0 Å². The quantitative estimate of drug-likeness (QED) is 0.467. The van der Waals surface area contributed by atoms with Crippen molar-refractivity contribution in [2.24, 2.45) is 0 Å². The summed E-state index contributed by atoms with van der Waals surface area (Å²) in [4.78, 5) is 11.1. The molecule has 0 amide bonds. The summed E-state index contributed by atoms with van der Waals surface area (Å²) in [5.41, 5.74) is 3.83. The number of aromatic hydroxyl groups is 1. The highest BCUT2D eigenvalue weighted by molar-refractivity contribution is 5.74. The molecule has 1 aliphatic heterocycles. The van der Waals surface area contributed by atoms with Crippen molar-refractivity contribution < 1.29 is 24.5 Å². The lowest BCUT2D eigenvalue weighted by molar-refractivity contribution is -0.320. The number of carboxylic acids is 1. The summed E-state index contributed by atoms with van der Waals surface area (Å²) in [5, 5.41) is 21.5. The van der Waals surface area contributed by atoms with Crippen LogP contribution in [0.1, 0.15) is 87.1 Å². The maximum Gasteiger partial charge on any atom is 0.143 e. The highest BCUT2D eigenvalue weighted by Gasteiger charge is 2.34. The van der Waals surface area contributed by atoms with Gasteiger partial charge < -0.3 is 24.5 Å². The molecule has 1 aliphatic rings. The van der Waals surface area contributed by atoms with Crippen LogP contribution in [-0.2, 0) is 17.6 Å². The zero-order valence-electron chi connectivity index (χ0n) is 21.5. The molecule has 1 atom stereocenters. The second-order valence-electron chi connectivity index (χ2n) is 10.5. The van der Waals surface area contributed by atoms with Crippen molar-refractivity contribution in [3.8, 4) is 17.2 Å². The van der Waals surface area contributed by atoms with Crippen LogP contribution in [0.3, 0.4) is 0 Å². The van der Waals surface area contributed by atoms with E-state index in [-0.39, 0.29) is 5.60 Å². The highest BCUT2D eigenvalue weighted by atomic mass is 16.5. The van der Waals surface area contributed by atoms with Crippen LogP contribution in [0, 0.1) is 20.8 Å². The molecule has 0 aromatic heterocycles. The van der Waals surface area contributed by atoms with E-state index in [0.717, 1.165) is 72.9 Å². The van der Waals surface area contributed by atoms with Gasteiger partial charge in [0.25, 0.3) is 0 Å². The number of carbonyl (C=O) groups is 1. The molecule has 2 aromatic rings. The summed E-state index contributed by atoms with van der Waals surface area (Å²) in [5.74, 6) is 0.702. The Morgan fingerprint density at radius 1 is 1.06 bits per heavy atom. The monoisotopic (exact) mass is 467 g/mol. The summed E-state index contributed by atoms with van der Waals surface area (Å²) in [6, 6.07) is 7.65. The lowest BCUT2D eigenvalue weighted by atomic mass is 9.84. The molecule has 34 heavy (non-hydrogen) atoms. The van der Waals surface area contributed by atoms with Crippen molar-refractivity contribution >= 4 is 5.97 Å². The van der Waals surface area contributed by atoms with E-state index >= 15 is 0 Å². The van der Waals surface area contributed by atoms with Crippen molar-refractivity contribution in [3.05, 3.63) is 52.1 Å². The first-order valence-corrected chi connectivity index (χ1v) is 12.4. The van der Waals surface area contributed by atoms with E-state index in [1.54, 1.807) is 0 Å². The minimum absolute atomic E-state index is 0.150. The molecule has 3 rings (SSSR count). The Morgan fingerprint density at radius 3 is 2.35 bits per heavy atom. The van der Waals surface area contributed by atoms with Gasteiger partial charge in [-0.3, -0.25) is 0 Å². The molecule has 5 heteroatoms. The lowest BCUT2D eigenvalue weighted by Crippen LogP contribution is -2.47. The Labute approximate surface area is 204 Å². The second-order valence-corrected chi connectivity index (χ2v) is 10.5. The molecule has 0 fully saturated rings. The van der Waals surface area contributed by atoms with E-state index in [0.29, 0.717) is 11.5 Å². The molecule has 0 bridgehead atoms. The number of hydrogen-bond donors (Lipinski definition) is 1. The largest absolute Gasteiger partial charge is 0.546 e. The smallest absolute Gasteiger partial charge is 0.143 e. The van der Waals surface area contributed by atoms with Gasteiger partial charge in [0.2, 0.25) is 0 Å². The topological polar surface area (TPSA) is 78.8 Å². The number of phenolic OH excluding ortho intramolecular Hbond substituents is 1. The first-order valence-electron chi connectivity index (χ1n) is 12.4. The van der Waals surface area contributed by atoms with E-state index < -0.39 is 11.6 Å². The molecule has 1 unspecified atom stereocenters. The molecule has 0 radical (unpaired) electrons. The Kier molecular flexibility index (Phi) is 7.84. The SMILES string of the molecule is Cc1c(C)c2c(c(C)c1O)CCC(C)(CCCCCCc1ccc(OC(C)(C)C(=O)[O-])cc1)O2. The fraction of sp³-hybridized carbons (Fsp3) is 0.552. The third kappa shape index (κ3) is 5.86. The maximum atomic E-state index is 11.1. The predicted octanol–water partition coefficient (Wildman–Crippen LogP) is 5.50. The average molecular weight is 468 g/mol. The van der Waals surface area contributed by atoms with Crippen LogP contribution in [0.5, 0.6) is 17.2 Å². The molecule has 1 heterocycles. The zero-order valence-corrected chi connectivity index (χ0v) is 21.5. The standard InChI is InChI=1S/C29H40O5/c1-19-20(2)26-24(21(3)25(19)30)16-18-29(6,34-26)17-10-8-7-9-11-22-12-14-23(15-13-22)33-28(4,5)27(31)32/h12-15,30H,7-11,16-18H2,1-6H3,(H,31,32)/p-1. The van der Waals surface area contributed by atoms with Crippen LogP contribution in [-0.4, -0.2) is 22.3 Å². The van der Waals surface area contributed by atoms with Crippen molar-refractivity contribution in [2.75, 3.05) is 0 Å². The average Bonchev–Trinajstić information content (AvgIpc) is 2.79. The van der Waals surface area contributed by atoms with Crippen LogP contribution in [0.15, 0.2) is 24.3 Å². The van der Waals surface area contributed by atoms with E-state index in [1.807, 2.05) is 45.0 Å². The predicted molar refractivity (Wildman–Crippen MR) is 133 cm³/mol. The second kappa shape index (κ2) is 10.3. The summed E-state index contributed by atoms with van der Waals surface area (Å²) in [7, 11) is 0. The number of hydrogen-bond acceptors (Lipinski definition) is 5. The summed E-state index contributed by atoms with van der Waals surface area (Å²) < 4.78 is 12.0. The third-order valence-electron chi connectivity index (χ3n) is 7.30. The maximum absolute atomic E-state index is 11.1. The van der Waals surface area contributed by atoms with Gasteiger partial charge in [-0.05, 0) is 114 Å². The van der Waals surface area contributed by atoms with Crippen LogP contribution >= 0.6 is 0 Å². The van der Waals surface area contributed by atoms with Crippen molar-refractivity contribution in [1.82, 2.24) is 0 Å². The number of aryl methyl sites for hydroxylation is 1. The number of aliphatic carboxylic acids is 1. The van der Waals surface area contributed by atoms with Gasteiger partial charge >= 0.3 is 0 Å². The van der Waals surface area contributed by atoms with Crippen LogP contribution in [0.2, 0.25) is 0 Å². The Bertz CT molecular complexity index is 1020. The number of benzene rings is 2. The fourth-order valence-electron chi connectivity index (χ4n) is 4.71. The highest BCUT2D eigenvalue weighted by Crippen LogP contribution is 2.44. The first kappa shape index (κ1) is 25.9. The molecule has 1 N–H and O–H groups in total. The van der Waals surface area contributed by atoms with E-state index in [9.17, 15) is 15.0 Å². The van der Waals surface area contributed by atoms with Crippen molar-refractivity contribution in [3.63, 3.8) is 0 Å². The van der Waals surface area contributed by atoms with Crippen LogP contribution < -0.4 is 14.6 Å². The van der Waals surface area contributed by atoms with Gasteiger partial charge in [-0.1, -0.05) is 25.0 Å². The van der Waals surface area contributed by atoms with Gasteiger partial charge in [0.1, 0.15) is 28.5 Å². The van der Waals surface area contributed by atoms with Gasteiger partial charge in [0.15, 0.2) is 0 Å². The third-order valence-corrected chi connectivity index (χ3v) is 7.30. The van der Waals surface area contributed by atoms with Gasteiger partial charge in [0.05, 0.1) is 5.97 Å². The number of fused-ring (bicyclic) bond motifs is 1. The van der Waals surface area contributed by atoms with Crippen molar-refractivity contribution in [1.29, 1.82) is 0 Å². The zero-order chi connectivity index (χ0) is 25.1. The minimum Gasteiger partial charge on any atom is -0.546 e. The first-order chi connectivity index (χ1) is 15.9. The minimum atomic E-state index is -1.35. The molecule has 0 spiro atoms. The number of ether oxygens (including phenoxy) is 2. The Morgan fingerprint density at radius 2 is 1.71 bits per heavy atom. The van der Waals surface area contributed by atoms with E-state index in [2.05, 4.69) is 6.92 Å². The summed E-state index contributed by atoms with van der Waals surface area (Å²) in [6.45, 7) is 11.2. The Balaban J connectivity index is 1.42. The molecule has 186 valence electrons. The molecule has 5 nitrogen and oxygen atoms in total. The number of rotatable bonds is 10. The molecular formula is C29H39O5-. The van der Waals surface area contributed by atoms with E-state index in [1.165, 1.54) is 25.8 Å². The Hall–Kier alpha value is -2.69. The normalized spacial score (nSPS) is 17.7. The summed E-state index contributed by atoms with van der Waals surface area (Å²) in [6.07, 6.45) is 8.52. The molecule has 0 saturated heterocycles. The molecule has 0 saturated carbocycles. The molecule has 0 aliphatic carbocycles. The van der Waals surface area contributed by atoms with Gasteiger partial charge in [-0.25, -0.2) is 0 Å². The molecular weight excluding hydrogens is 428 g/mol. The van der Waals surface area contributed by atoms with Crippen molar-refractivity contribution in [2.45, 2.75) is 104 Å². The van der Waals surface area contributed by atoms with E-state index in [4.69, 9.17) is 9.47 Å². The van der Waals surface area contributed by atoms with Gasteiger partial charge in [0, 0.05) is 5.56 Å². The van der Waals surface area contributed by atoms with Gasteiger partial charge in [-0.15, -0.1) is 0 Å². The molecule has 2 aromatic carbocycles. The fourth-order valence-corrected chi connectivity index (χ4v) is 4.71. The van der Waals surface area contributed by atoms with Crippen LogP contribution in [0.25, 0.3) is 0 Å².